The van der Waals surface area contributed by atoms with E-state index in [2.05, 4.69) is 11.9 Å². The van der Waals surface area contributed by atoms with Gasteiger partial charge in [0.05, 0.1) is 22.6 Å². The zero-order valence-electron chi connectivity index (χ0n) is 8.93. The van der Waals surface area contributed by atoms with Gasteiger partial charge in [0.1, 0.15) is 6.10 Å². The SMILES string of the molecule is CCCn1cncc1C(O)c1ccc(Cl)s1. The molecule has 2 heterocycles. The lowest BCUT2D eigenvalue weighted by atomic mass is 10.2. The highest BCUT2D eigenvalue weighted by Crippen LogP contribution is 2.30. The molecule has 0 fully saturated rings. The number of thiophene rings is 1. The van der Waals surface area contributed by atoms with Crippen LogP contribution in [0, 0.1) is 0 Å². The minimum absolute atomic E-state index is 0.633. The molecule has 2 aromatic rings. The van der Waals surface area contributed by atoms with Gasteiger partial charge in [0.25, 0.3) is 0 Å². The summed E-state index contributed by atoms with van der Waals surface area (Å²) in [6, 6.07) is 3.65. The zero-order chi connectivity index (χ0) is 11.5. The second kappa shape index (κ2) is 4.99. The van der Waals surface area contributed by atoms with E-state index in [1.165, 1.54) is 11.3 Å². The Kier molecular flexibility index (Phi) is 3.63. The maximum Gasteiger partial charge on any atom is 0.130 e. The van der Waals surface area contributed by atoms with Crippen molar-refractivity contribution in [3.05, 3.63) is 39.6 Å². The Balaban J connectivity index is 2.26. The van der Waals surface area contributed by atoms with Crippen molar-refractivity contribution in [3.8, 4) is 0 Å². The number of aliphatic hydroxyl groups excluding tert-OH is 1. The number of hydrogen-bond donors (Lipinski definition) is 1. The molecule has 16 heavy (non-hydrogen) atoms. The molecule has 0 aliphatic rings. The number of halogens is 1. The fourth-order valence-corrected chi connectivity index (χ4v) is 2.67. The van der Waals surface area contributed by atoms with Gasteiger partial charge in [-0.3, -0.25) is 0 Å². The van der Waals surface area contributed by atoms with Crippen LogP contribution in [0.1, 0.15) is 30.0 Å². The maximum absolute atomic E-state index is 10.2. The van der Waals surface area contributed by atoms with Crippen LogP contribution in [0.5, 0.6) is 0 Å². The van der Waals surface area contributed by atoms with Crippen molar-refractivity contribution in [2.75, 3.05) is 0 Å². The van der Waals surface area contributed by atoms with E-state index < -0.39 is 6.10 Å². The van der Waals surface area contributed by atoms with Gasteiger partial charge < -0.3 is 9.67 Å². The first kappa shape index (κ1) is 11.6. The predicted octanol–water partition coefficient (Wildman–Crippen LogP) is 3.09. The van der Waals surface area contributed by atoms with Crippen molar-refractivity contribution in [1.82, 2.24) is 9.55 Å². The smallest absolute Gasteiger partial charge is 0.130 e. The third-order valence-electron chi connectivity index (χ3n) is 2.35. The van der Waals surface area contributed by atoms with Crippen LogP contribution in [0.25, 0.3) is 0 Å². The number of rotatable bonds is 4. The van der Waals surface area contributed by atoms with Crippen molar-refractivity contribution in [2.24, 2.45) is 0 Å². The topological polar surface area (TPSA) is 38.0 Å². The Hall–Kier alpha value is -0.840. The average molecular weight is 257 g/mol. The number of aromatic nitrogens is 2. The standard InChI is InChI=1S/C11H13ClN2OS/c1-2-5-14-7-13-6-8(14)11(15)9-3-4-10(12)16-9/h3-4,6-7,11,15H,2,5H2,1H3. The van der Waals surface area contributed by atoms with E-state index in [1.807, 2.05) is 10.6 Å². The lowest BCUT2D eigenvalue weighted by molar-refractivity contribution is 0.213. The van der Waals surface area contributed by atoms with Crippen LogP contribution in [-0.4, -0.2) is 14.7 Å². The zero-order valence-corrected chi connectivity index (χ0v) is 10.5. The Morgan fingerprint density at radius 2 is 2.38 bits per heavy atom. The number of aryl methyl sites for hydroxylation is 1. The van der Waals surface area contributed by atoms with Crippen LogP contribution in [0.2, 0.25) is 4.34 Å². The molecule has 5 heteroatoms. The summed E-state index contributed by atoms with van der Waals surface area (Å²) in [6.45, 7) is 2.96. The molecule has 2 rings (SSSR count). The fourth-order valence-electron chi connectivity index (χ4n) is 1.61. The van der Waals surface area contributed by atoms with Crippen molar-refractivity contribution in [3.63, 3.8) is 0 Å². The minimum Gasteiger partial charge on any atom is -0.381 e. The van der Waals surface area contributed by atoms with Crippen LogP contribution in [-0.2, 0) is 6.54 Å². The van der Waals surface area contributed by atoms with Crippen molar-refractivity contribution in [2.45, 2.75) is 26.0 Å². The van der Waals surface area contributed by atoms with Gasteiger partial charge in [0.2, 0.25) is 0 Å². The van der Waals surface area contributed by atoms with E-state index >= 15 is 0 Å². The van der Waals surface area contributed by atoms with Gasteiger partial charge in [-0.05, 0) is 18.6 Å². The lowest BCUT2D eigenvalue weighted by Crippen LogP contribution is -2.06. The monoisotopic (exact) mass is 256 g/mol. The second-order valence-electron chi connectivity index (χ2n) is 3.56. The molecule has 0 saturated carbocycles. The van der Waals surface area contributed by atoms with Gasteiger partial charge in [-0.2, -0.15) is 0 Å². The largest absolute Gasteiger partial charge is 0.381 e. The summed E-state index contributed by atoms with van der Waals surface area (Å²) in [5.41, 5.74) is 0.820. The second-order valence-corrected chi connectivity index (χ2v) is 5.30. The van der Waals surface area contributed by atoms with E-state index in [4.69, 9.17) is 11.6 Å². The molecule has 0 aliphatic heterocycles. The van der Waals surface area contributed by atoms with E-state index in [1.54, 1.807) is 18.6 Å². The number of imidazole rings is 1. The van der Waals surface area contributed by atoms with E-state index in [0.29, 0.717) is 4.34 Å². The summed E-state index contributed by atoms with van der Waals surface area (Å²) in [7, 11) is 0. The summed E-state index contributed by atoms with van der Waals surface area (Å²) >= 11 is 7.25. The molecular weight excluding hydrogens is 244 g/mol. The Morgan fingerprint density at radius 3 is 3.00 bits per heavy atom. The molecule has 3 nitrogen and oxygen atoms in total. The third-order valence-corrected chi connectivity index (χ3v) is 3.64. The van der Waals surface area contributed by atoms with E-state index in [0.717, 1.165) is 23.5 Å². The van der Waals surface area contributed by atoms with Gasteiger partial charge in [-0.25, -0.2) is 4.98 Å². The Bertz CT molecular complexity index is 466. The van der Waals surface area contributed by atoms with Gasteiger partial charge in [-0.1, -0.05) is 18.5 Å². The van der Waals surface area contributed by atoms with Crippen LogP contribution in [0.15, 0.2) is 24.7 Å². The summed E-state index contributed by atoms with van der Waals surface area (Å²) in [5.74, 6) is 0. The predicted molar refractivity (Wildman–Crippen MR) is 65.9 cm³/mol. The van der Waals surface area contributed by atoms with Crippen molar-refractivity contribution in [1.29, 1.82) is 0 Å². The van der Waals surface area contributed by atoms with Gasteiger partial charge in [0.15, 0.2) is 0 Å². The van der Waals surface area contributed by atoms with Crippen LogP contribution in [0.4, 0.5) is 0 Å². The average Bonchev–Trinajstić information content (AvgIpc) is 2.87. The van der Waals surface area contributed by atoms with Crippen LogP contribution in [0.3, 0.4) is 0 Å². The molecule has 1 atom stereocenters. The molecular formula is C11H13ClN2OS. The van der Waals surface area contributed by atoms with Gasteiger partial charge in [0, 0.05) is 11.4 Å². The van der Waals surface area contributed by atoms with Gasteiger partial charge in [-0.15, -0.1) is 11.3 Å². The highest BCUT2D eigenvalue weighted by molar-refractivity contribution is 7.16. The molecule has 0 radical (unpaired) electrons. The summed E-state index contributed by atoms with van der Waals surface area (Å²) in [6.07, 6.45) is 3.83. The Morgan fingerprint density at radius 1 is 1.56 bits per heavy atom. The van der Waals surface area contributed by atoms with E-state index in [9.17, 15) is 5.11 Å². The summed E-state index contributed by atoms with van der Waals surface area (Å²) in [5, 5.41) is 10.2. The fraction of sp³-hybridized carbons (Fsp3) is 0.364. The number of aliphatic hydroxyl groups is 1. The molecule has 0 aliphatic carbocycles. The molecule has 0 spiro atoms. The molecule has 1 N–H and O–H groups in total. The highest BCUT2D eigenvalue weighted by atomic mass is 35.5. The van der Waals surface area contributed by atoms with Crippen molar-refractivity contribution >= 4 is 22.9 Å². The van der Waals surface area contributed by atoms with E-state index in [-0.39, 0.29) is 0 Å². The molecule has 0 bridgehead atoms. The quantitative estimate of drug-likeness (QED) is 0.913. The molecule has 0 aromatic carbocycles. The van der Waals surface area contributed by atoms with Gasteiger partial charge >= 0.3 is 0 Å². The lowest BCUT2D eigenvalue weighted by Gasteiger charge is -2.11. The normalized spacial score (nSPS) is 12.9. The highest BCUT2D eigenvalue weighted by Gasteiger charge is 2.16. The Labute approximate surface area is 103 Å². The first-order chi connectivity index (χ1) is 7.72. The molecule has 0 saturated heterocycles. The molecule has 2 aromatic heterocycles. The minimum atomic E-state index is -0.633. The first-order valence-corrected chi connectivity index (χ1v) is 6.35. The molecule has 0 amide bonds. The third kappa shape index (κ3) is 2.29. The number of nitrogens with zero attached hydrogens (tertiary/aromatic N) is 2. The number of hydrogen-bond acceptors (Lipinski definition) is 3. The first-order valence-electron chi connectivity index (χ1n) is 5.15. The molecule has 86 valence electrons. The van der Waals surface area contributed by atoms with Crippen molar-refractivity contribution < 1.29 is 5.11 Å². The maximum atomic E-state index is 10.2. The van der Waals surface area contributed by atoms with Crippen LogP contribution >= 0.6 is 22.9 Å². The molecule has 1 unspecified atom stereocenters. The van der Waals surface area contributed by atoms with Crippen LogP contribution < -0.4 is 0 Å². The summed E-state index contributed by atoms with van der Waals surface area (Å²) < 4.78 is 2.66. The summed E-state index contributed by atoms with van der Waals surface area (Å²) in [4.78, 5) is 4.92.